The predicted octanol–water partition coefficient (Wildman–Crippen LogP) is 4.77. The maximum Gasteiger partial charge on any atom is 0.265 e. The highest BCUT2D eigenvalue weighted by molar-refractivity contribution is 9.10. The number of nitrogens with one attached hydrogen (secondary N) is 1. The van der Waals surface area contributed by atoms with Crippen LogP contribution < -0.4 is 9.46 Å². The fourth-order valence-electron chi connectivity index (χ4n) is 3.79. The molecule has 6 bridgehead atoms. The lowest BCUT2D eigenvalue weighted by Gasteiger charge is -2.39. The molecule has 0 atom stereocenters. The number of fused-ring (bicyclic) bond motifs is 1. The van der Waals surface area contributed by atoms with E-state index in [1.165, 1.54) is 29.2 Å². The minimum atomic E-state index is -4.60. The van der Waals surface area contributed by atoms with E-state index in [1.807, 2.05) is 4.72 Å². The Morgan fingerprint density at radius 1 is 1.09 bits per heavy atom. The summed E-state index contributed by atoms with van der Waals surface area (Å²) in [6.07, 6.45) is -0.418. The number of halogens is 4. The number of hydrogen-bond acceptors (Lipinski definition) is 5. The van der Waals surface area contributed by atoms with Gasteiger partial charge in [0.15, 0.2) is 0 Å². The second-order valence-corrected chi connectivity index (χ2v) is 10.8. The summed E-state index contributed by atoms with van der Waals surface area (Å²) < 4.78 is 63.6. The van der Waals surface area contributed by atoms with E-state index < -0.39 is 50.0 Å². The van der Waals surface area contributed by atoms with Crippen LogP contribution in [0.4, 0.5) is 14.5 Å². The molecular weight excluding hydrogens is 558 g/mol. The first kappa shape index (κ1) is 22.9. The normalized spacial score (nSPS) is 16.9. The number of amides is 1. The van der Waals surface area contributed by atoms with Gasteiger partial charge in [0, 0.05) is 27.8 Å². The molecule has 3 aromatic rings. The van der Waals surface area contributed by atoms with Gasteiger partial charge in [-0.3, -0.25) is 9.52 Å². The lowest BCUT2D eigenvalue weighted by molar-refractivity contribution is 0.0180. The highest BCUT2D eigenvalue weighted by Gasteiger charge is 2.35. The molecule has 7 nitrogen and oxygen atoms in total. The molecule has 0 aliphatic carbocycles. The lowest BCUT2D eigenvalue weighted by atomic mass is 10.0. The Morgan fingerprint density at radius 3 is 2.56 bits per heavy atom. The van der Waals surface area contributed by atoms with Crippen molar-refractivity contribution in [2.75, 3.05) is 17.8 Å². The molecule has 3 aliphatic heterocycles. The summed E-state index contributed by atoms with van der Waals surface area (Å²) in [5.41, 5.74) is -0.558. The van der Waals surface area contributed by atoms with E-state index in [-0.39, 0.29) is 45.0 Å². The molecule has 3 aromatic carbocycles. The monoisotopic (exact) mass is 570 g/mol. The summed E-state index contributed by atoms with van der Waals surface area (Å²) in [5, 5.41) is 10.6. The van der Waals surface area contributed by atoms with Gasteiger partial charge in [-0.2, -0.15) is 0 Å². The number of hydrogen-bond donors (Lipinski definition) is 2. The molecule has 0 saturated carbocycles. The van der Waals surface area contributed by atoms with Crippen molar-refractivity contribution in [1.82, 2.24) is 4.90 Å². The van der Waals surface area contributed by atoms with Crippen molar-refractivity contribution in [3.05, 3.63) is 69.2 Å². The maximum atomic E-state index is 14.8. The predicted molar refractivity (Wildman–Crippen MR) is 124 cm³/mol. The van der Waals surface area contributed by atoms with Crippen LogP contribution in [0.15, 0.2) is 51.8 Å². The van der Waals surface area contributed by atoms with E-state index in [2.05, 4.69) is 15.9 Å². The van der Waals surface area contributed by atoms with Crippen molar-refractivity contribution in [2.24, 2.45) is 0 Å². The fourth-order valence-corrected chi connectivity index (χ4v) is 5.76. The van der Waals surface area contributed by atoms with E-state index >= 15 is 0 Å². The van der Waals surface area contributed by atoms with Crippen LogP contribution in [0.25, 0.3) is 11.1 Å². The number of phenols is 1. The Bertz CT molecular complexity index is 1480. The number of benzene rings is 3. The minimum Gasteiger partial charge on any atom is -0.505 e. The third kappa shape index (κ3) is 3.87. The van der Waals surface area contributed by atoms with E-state index in [1.54, 1.807) is 0 Å². The summed E-state index contributed by atoms with van der Waals surface area (Å²) in [4.78, 5) is 13.7. The average Bonchev–Trinajstić information content (AvgIpc) is 2.74. The molecule has 176 valence electrons. The summed E-state index contributed by atoms with van der Waals surface area (Å²) in [7, 11) is -4.60. The molecule has 1 amide bonds. The Labute approximate surface area is 206 Å². The van der Waals surface area contributed by atoms with Gasteiger partial charge in [0.05, 0.1) is 23.2 Å². The first-order valence-corrected chi connectivity index (χ1v) is 12.5. The third-order valence-electron chi connectivity index (χ3n) is 5.53. The van der Waals surface area contributed by atoms with Crippen molar-refractivity contribution in [3.63, 3.8) is 0 Å². The lowest BCUT2D eigenvalue weighted by Crippen LogP contribution is -2.56. The van der Waals surface area contributed by atoms with Gasteiger partial charge >= 0.3 is 0 Å². The van der Waals surface area contributed by atoms with Crippen LogP contribution >= 0.6 is 27.5 Å². The van der Waals surface area contributed by atoms with Crippen LogP contribution in [-0.2, 0) is 10.0 Å². The van der Waals surface area contributed by atoms with Gasteiger partial charge in [0.2, 0.25) is 0 Å². The highest BCUT2D eigenvalue weighted by atomic mass is 79.9. The van der Waals surface area contributed by atoms with Gasteiger partial charge < -0.3 is 14.7 Å². The van der Waals surface area contributed by atoms with Crippen LogP contribution in [0.1, 0.15) is 10.4 Å². The van der Waals surface area contributed by atoms with Crippen molar-refractivity contribution < 1.29 is 31.8 Å². The van der Waals surface area contributed by atoms with Crippen molar-refractivity contribution >= 4 is 49.1 Å². The number of anilines is 1. The Morgan fingerprint density at radius 2 is 1.82 bits per heavy atom. The highest BCUT2D eigenvalue weighted by Crippen LogP contribution is 2.40. The number of phenolic OH excluding ortho intramolecular Hbond substituents is 1. The van der Waals surface area contributed by atoms with Gasteiger partial charge in [0.25, 0.3) is 15.9 Å². The van der Waals surface area contributed by atoms with Crippen LogP contribution in [0.2, 0.25) is 5.02 Å². The number of carbonyl (C=O) groups excluding carboxylic acids is 1. The summed E-state index contributed by atoms with van der Waals surface area (Å²) in [6.45, 7) is 0.383. The number of aromatic hydroxyl groups is 1. The van der Waals surface area contributed by atoms with Crippen LogP contribution in [0.3, 0.4) is 0 Å². The van der Waals surface area contributed by atoms with Gasteiger partial charge in [-0.25, -0.2) is 17.2 Å². The number of ether oxygens (including phenoxy) is 1. The molecule has 1 fully saturated rings. The van der Waals surface area contributed by atoms with E-state index in [0.717, 1.165) is 12.1 Å². The molecule has 3 heterocycles. The summed E-state index contributed by atoms with van der Waals surface area (Å²) in [6, 6.07) is 8.27. The second-order valence-electron chi connectivity index (χ2n) is 7.81. The molecule has 0 unspecified atom stereocenters. The topological polar surface area (TPSA) is 95.9 Å². The fraction of sp³-hybridized carbons (Fsp3) is 0.136. The van der Waals surface area contributed by atoms with Gasteiger partial charge in [-0.15, -0.1) is 0 Å². The number of rotatable bonds is 0. The zero-order valence-corrected chi connectivity index (χ0v) is 20.1. The molecule has 1 saturated heterocycles. The SMILES string of the molecule is O=C1c2cc(Br)c(O)c(c2)S(=O)(=O)Nc2cc(c(F)cc2F)-c2cc(Cl)ccc2OC2CN1C2. The van der Waals surface area contributed by atoms with Crippen molar-refractivity contribution in [3.8, 4) is 22.6 Å². The molecule has 12 heteroatoms. The first-order valence-electron chi connectivity index (χ1n) is 9.84. The quantitative estimate of drug-likeness (QED) is 0.405. The third-order valence-corrected chi connectivity index (χ3v) is 7.75. The molecular formula is C22H14BrClF2N2O5S. The maximum absolute atomic E-state index is 14.8. The average molecular weight is 572 g/mol. The van der Waals surface area contributed by atoms with Gasteiger partial charge in [0.1, 0.15) is 34.1 Å². The molecule has 2 N–H and O–H groups in total. The Balaban J connectivity index is 1.74. The second kappa shape index (κ2) is 8.10. The van der Waals surface area contributed by atoms with Crippen molar-refractivity contribution in [1.29, 1.82) is 0 Å². The van der Waals surface area contributed by atoms with E-state index in [0.29, 0.717) is 6.07 Å². The molecule has 3 aliphatic rings. The van der Waals surface area contributed by atoms with Gasteiger partial charge in [-0.1, -0.05) is 11.6 Å². The Hall–Kier alpha value is -2.89. The van der Waals surface area contributed by atoms with Gasteiger partial charge in [-0.05, 0) is 52.3 Å². The standard InChI is InChI=1S/C22H14BrClF2N2O5S/c23-15-3-10-4-20(21(15)29)34(31,32)27-18-6-13(16(25)7-17(18)26)14-5-11(24)1-2-19(14)33-12-8-28(9-12)22(10)30/h1-7,12,27,29H,8-9H2. The smallest absolute Gasteiger partial charge is 0.265 e. The first-order chi connectivity index (χ1) is 16.0. The largest absolute Gasteiger partial charge is 0.505 e. The summed E-state index contributed by atoms with van der Waals surface area (Å²) >= 11 is 9.16. The number of carbonyl (C=O) groups is 1. The minimum absolute atomic E-state index is 0.00850. The Kier molecular flexibility index (Phi) is 5.45. The zero-order chi connectivity index (χ0) is 24.4. The zero-order valence-electron chi connectivity index (χ0n) is 17.0. The van der Waals surface area contributed by atoms with Crippen LogP contribution in [-0.4, -0.2) is 43.5 Å². The van der Waals surface area contributed by atoms with E-state index in [9.17, 15) is 27.1 Å². The molecule has 6 rings (SSSR count). The summed E-state index contributed by atoms with van der Waals surface area (Å²) in [5.74, 6) is -3.07. The molecule has 0 radical (unpaired) electrons. The molecule has 0 spiro atoms. The number of nitrogens with zero attached hydrogens (tertiary/aromatic N) is 1. The number of sulfonamides is 1. The van der Waals surface area contributed by atoms with Crippen molar-refractivity contribution in [2.45, 2.75) is 11.0 Å². The van der Waals surface area contributed by atoms with E-state index in [4.69, 9.17) is 16.3 Å². The van der Waals surface area contributed by atoms with Crippen LogP contribution in [0, 0.1) is 11.6 Å². The molecule has 34 heavy (non-hydrogen) atoms. The van der Waals surface area contributed by atoms with Crippen LogP contribution in [0.5, 0.6) is 11.5 Å². The molecule has 0 aromatic heterocycles.